The van der Waals surface area contributed by atoms with Crippen LogP contribution in [0.1, 0.15) is 100 Å². The Kier molecular flexibility index (Phi) is 5.62. The summed E-state index contributed by atoms with van der Waals surface area (Å²) in [6.45, 7) is 12.2. The van der Waals surface area contributed by atoms with Crippen LogP contribution in [-0.4, -0.2) is 12.1 Å². The lowest BCUT2D eigenvalue weighted by molar-refractivity contribution is -0.123. The average molecular weight is 422 g/mol. The number of alkyl halides is 1. The highest BCUT2D eigenvalue weighted by atomic mass is 35.5. The van der Waals surface area contributed by atoms with Gasteiger partial charge in [0, 0.05) is 12.6 Å². The molecule has 4 aliphatic rings. The highest BCUT2D eigenvalue weighted by molar-refractivity contribution is 6.18. The largest absolute Gasteiger partial charge is 0.303 e. The normalized spacial score (nSPS) is 51.3. The summed E-state index contributed by atoms with van der Waals surface area (Å²) in [4.78, 5) is 12.6. The Labute approximate surface area is 186 Å². The zero-order valence-corrected chi connectivity index (χ0v) is 20.3. The molecule has 4 aliphatic carbocycles. The fourth-order valence-electron chi connectivity index (χ4n) is 9.51. The smallest absolute Gasteiger partial charge is 0.127 e. The van der Waals surface area contributed by atoms with E-state index in [1.54, 1.807) is 0 Å². The molecule has 0 radical (unpaired) electrons. The van der Waals surface area contributed by atoms with Gasteiger partial charge >= 0.3 is 0 Å². The van der Waals surface area contributed by atoms with Crippen molar-refractivity contribution in [3.63, 3.8) is 0 Å². The van der Waals surface area contributed by atoms with Crippen LogP contribution in [0.4, 0.5) is 0 Å². The summed E-state index contributed by atoms with van der Waals surface area (Å²) < 4.78 is 8.28. The van der Waals surface area contributed by atoms with Crippen molar-refractivity contribution in [2.75, 3.05) is 5.86 Å². The molecule has 4 rings (SSSR count). The van der Waals surface area contributed by atoms with Gasteiger partial charge in [0.1, 0.15) is 6.29 Å². The Morgan fingerprint density at radius 1 is 1.07 bits per heavy atom. The van der Waals surface area contributed by atoms with E-state index in [9.17, 15) is 4.79 Å². The van der Waals surface area contributed by atoms with Crippen LogP contribution >= 0.6 is 11.6 Å². The minimum Gasteiger partial charge on any atom is -0.303 e. The number of rotatable bonds is 7. The Morgan fingerprint density at radius 3 is 2.48 bits per heavy atom. The van der Waals surface area contributed by atoms with Crippen molar-refractivity contribution >= 4 is 17.9 Å². The topological polar surface area (TPSA) is 17.1 Å². The van der Waals surface area contributed by atoms with Crippen molar-refractivity contribution in [2.24, 2.45) is 57.7 Å². The number of halogens is 1. The maximum absolute atomic E-state index is 12.6. The first kappa shape index (κ1) is 20.8. The van der Waals surface area contributed by atoms with E-state index in [-0.39, 0.29) is 16.7 Å². The number of carbonyl (C=O) groups is 1. The van der Waals surface area contributed by atoms with Crippen LogP contribution in [0.15, 0.2) is 0 Å². The van der Waals surface area contributed by atoms with Crippen LogP contribution in [0.3, 0.4) is 0 Å². The van der Waals surface area contributed by atoms with E-state index in [1.807, 2.05) is 0 Å². The van der Waals surface area contributed by atoms with E-state index >= 15 is 0 Å². The molecular formula is C27H45ClO. The Hall–Kier alpha value is -0.0400. The van der Waals surface area contributed by atoms with Crippen molar-refractivity contribution in [2.45, 2.75) is 98.8 Å². The van der Waals surface area contributed by atoms with Gasteiger partial charge in [0.25, 0.3) is 0 Å². The fraction of sp³-hybridized carbons (Fsp3) is 0.963. The summed E-state index contributed by atoms with van der Waals surface area (Å²) in [6, 6.07) is 0. The minimum absolute atomic E-state index is 0.0469. The highest BCUT2D eigenvalue weighted by Gasteiger charge is 2.70. The van der Waals surface area contributed by atoms with E-state index in [0.29, 0.717) is 17.3 Å². The third-order valence-corrected chi connectivity index (χ3v) is 11.4. The van der Waals surface area contributed by atoms with Crippen molar-refractivity contribution in [1.29, 1.82) is 0 Å². The molecule has 0 N–H and O–H groups in total. The fourth-order valence-corrected chi connectivity index (χ4v) is 9.86. The van der Waals surface area contributed by atoms with Gasteiger partial charge in [0.05, 0.1) is 0 Å². The van der Waals surface area contributed by atoms with E-state index in [4.69, 9.17) is 13.0 Å². The molecule has 10 atom stereocenters. The standard InChI is InChI=1S/C27H45ClO/c1-18(2)7-6-8-19(3)22-9-10-23-21-15-27(17-29)20(16-28)11-14-26(27,5)24(21)12-13-25(22,23)4/h17-24H,6-16H2,1-5H3/t19-,20-,21+,22-,23+,24+,25-,26-,27+/m1/s1/i16D/t16-,19-,20-,21+,22-,23+,24+,25-,26-,27+. The van der Waals surface area contributed by atoms with Crippen LogP contribution in [0.25, 0.3) is 0 Å². The molecule has 0 saturated heterocycles. The lowest BCUT2D eigenvalue weighted by atomic mass is 9.54. The maximum atomic E-state index is 12.6. The number of fused-ring (bicyclic) bond motifs is 5. The average Bonchev–Trinajstić information content (AvgIpc) is 3.24. The second-order valence-corrected chi connectivity index (χ2v) is 12.7. The Bertz CT molecular complexity index is 649. The first-order valence-electron chi connectivity index (χ1n) is 13.2. The van der Waals surface area contributed by atoms with Crippen molar-refractivity contribution in [3.05, 3.63) is 0 Å². The van der Waals surface area contributed by atoms with Gasteiger partial charge in [0.15, 0.2) is 0 Å². The highest BCUT2D eigenvalue weighted by Crippen LogP contribution is 2.75. The van der Waals surface area contributed by atoms with Crippen LogP contribution in [0.2, 0.25) is 0 Å². The number of hydrogen-bond acceptors (Lipinski definition) is 1. The molecule has 0 aromatic heterocycles. The van der Waals surface area contributed by atoms with Gasteiger partial charge in [-0.1, -0.05) is 53.9 Å². The number of aldehydes is 1. The van der Waals surface area contributed by atoms with Crippen molar-refractivity contribution < 1.29 is 6.17 Å². The Balaban J connectivity index is 1.55. The van der Waals surface area contributed by atoms with E-state index in [0.717, 1.165) is 42.9 Å². The third-order valence-electron chi connectivity index (χ3n) is 11.1. The monoisotopic (exact) mass is 421 g/mol. The van der Waals surface area contributed by atoms with Crippen molar-refractivity contribution in [1.82, 2.24) is 0 Å². The zero-order valence-electron chi connectivity index (χ0n) is 20.6. The SMILES string of the molecule is [2H][C@@H](Cl)[C@H]1CC[C@]2(C)[C@H]3CC[C@]4(C)[C@@H]([C@H](C)CCCC(C)C)CC[C@H]4[C@@H]3C[C@]12C=O. The van der Waals surface area contributed by atoms with E-state index < -0.39 is 5.86 Å². The van der Waals surface area contributed by atoms with Gasteiger partial charge in [-0.25, -0.2) is 0 Å². The van der Waals surface area contributed by atoms with Gasteiger partial charge in [-0.2, -0.15) is 0 Å². The molecule has 0 heterocycles. The molecular weight excluding hydrogens is 376 g/mol. The van der Waals surface area contributed by atoms with Gasteiger partial charge in [-0.05, 0) is 97.2 Å². The molecule has 0 aromatic carbocycles. The van der Waals surface area contributed by atoms with Crippen LogP contribution in [0, 0.1) is 57.7 Å². The quantitative estimate of drug-likeness (QED) is 0.303. The summed E-state index contributed by atoms with van der Waals surface area (Å²) in [5.41, 5.74) is 0.178. The summed E-state index contributed by atoms with van der Waals surface area (Å²) in [5.74, 6) is 4.00. The summed E-state index contributed by atoms with van der Waals surface area (Å²) in [6.07, 6.45) is 13.8. The summed E-state index contributed by atoms with van der Waals surface area (Å²) in [7, 11) is 0. The molecule has 0 aromatic rings. The van der Waals surface area contributed by atoms with E-state index in [2.05, 4.69) is 34.6 Å². The zero-order chi connectivity index (χ0) is 21.9. The molecule has 2 heteroatoms. The minimum atomic E-state index is -0.638. The predicted molar refractivity (Wildman–Crippen MR) is 123 cm³/mol. The predicted octanol–water partition coefficient (Wildman–Crippen LogP) is 7.75. The molecule has 4 fully saturated rings. The molecule has 0 aliphatic heterocycles. The van der Waals surface area contributed by atoms with Gasteiger partial charge < -0.3 is 4.79 Å². The van der Waals surface area contributed by atoms with Crippen molar-refractivity contribution in [3.8, 4) is 0 Å². The second-order valence-electron chi connectivity index (χ2n) is 12.5. The van der Waals surface area contributed by atoms with Crippen LogP contribution in [0.5, 0.6) is 0 Å². The summed E-state index contributed by atoms with van der Waals surface area (Å²) >= 11 is 6.36. The van der Waals surface area contributed by atoms with E-state index in [1.165, 1.54) is 51.2 Å². The Morgan fingerprint density at radius 2 is 1.83 bits per heavy atom. The molecule has 0 bridgehead atoms. The molecule has 0 spiro atoms. The molecule has 1 nitrogen and oxygen atoms in total. The van der Waals surface area contributed by atoms with Gasteiger partial charge in [-0.15, -0.1) is 11.6 Å². The second kappa shape index (κ2) is 7.83. The first-order valence-corrected chi connectivity index (χ1v) is 13.1. The van der Waals surface area contributed by atoms with Crippen LogP contribution < -0.4 is 0 Å². The molecule has 0 unspecified atom stereocenters. The van der Waals surface area contributed by atoms with Gasteiger partial charge in [-0.3, -0.25) is 0 Å². The molecule has 4 saturated carbocycles. The number of hydrogen-bond donors (Lipinski definition) is 0. The lowest BCUT2D eigenvalue weighted by Crippen LogP contribution is -2.44. The maximum Gasteiger partial charge on any atom is 0.127 e. The van der Waals surface area contributed by atoms with Crippen LogP contribution in [-0.2, 0) is 4.79 Å². The summed E-state index contributed by atoms with van der Waals surface area (Å²) in [5, 5.41) is 0. The third kappa shape index (κ3) is 3.10. The molecule has 29 heavy (non-hydrogen) atoms. The molecule has 0 amide bonds. The van der Waals surface area contributed by atoms with Gasteiger partial charge in [0.2, 0.25) is 0 Å². The first-order chi connectivity index (χ1) is 14.1. The number of carbonyl (C=O) groups excluding carboxylic acids is 1. The molecule has 166 valence electrons. The lowest BCUT2D eigenvalue weighted by Gasteiger charge is -2.50.